The summed E-state index contributed by atoms with van der Waals surface area (Å²) in [4.78, 5) is 4.91. The summed E-state index contributed by atoms with van der Waals surface area (Å²) in [6.45, 7) is 0. The fourth-order valence-corrected chi connectivity index (χ4v) is 11.9. The van der Waals surface area contributed by atoms with Gasteiger partial charge in [-0.3, -0.25) is 0 Å². The van der Waals surface area contributed by atoms with Gasteiger partial charge in [0.2, 0.25) is 0 Å². The van der Waals surface area contributed by atoms with E-state index in [1.165, 1.54) is 77.1 Å². The van der Waals surface area contributed by atoms with E-state index in [0.29, 0.717) is 0 Å². The highest BCUT2D eigenvalue weighted by atomic mass is 15.2. The summed E-state index contributed by atoms with van der Waals surface area (Å²) in [6, 6.07) is 96.1. The van der Waals surface area contributed by atoms with Crippen LogP contribution in [0, 0.1) is 0 Å². The van der Waals surface area contributed by atoms with E-state index in [9.17, 15) is 0 Å². The topological polar surface area (TPSA) is 11.4 Å². The monoisotopic (exact) mass is 865 g/mol. The van der Waals surface area contributed by atoms with Crippen LogP contribution in [0.4, 0.5) is 34.1 Å². The van der Waals surface area contributed by atoms with Crippen LogP contribution in [0.2, 0.25) is 0 Å². The summed E-state index contributed by atoms with van der Waals surface area (Å²) in [5.41, 5.74) is 20.0. The molecule has 11 aromatic carbocycles. The maximum absolute atomic E-state index is 2.50. The first-order valence-corrected chi connectivity index (χ1v) is 23.5. The molecule has 0 amide bonds. The van der Waals surface area contributed by atoms with Gasteiger partial charge in [-0.25, -0.2) is 0 Å². The second-order valence-corrected chi connectivity index (χ2v) is 18.0. The highest BCUT2D eigenvalue weighted by molar-refractivity contribution is 6.13. The molecule has 0 saturated heterocycles. The predicted molar refractivity (Wildman–Crippen MR) is 284 cm³/mol. The van der Waals surface area contributed by atoms with Gasteiger partial charge in [0.1, 0.15) is 0 Å². The van der Waals surface area contributed by atoms with Crippen LogP contribution in [0.1, 0.15) is 22.3 Å². The second-order valence-electron chi connectivity index (χ2n) is 18.0. The average molecular weight is 866 g/mol. The molecule has 0 saturated carbocycles. The summed E-state index contributed by atoms with van der Waals surface area (Å²) in [5.74, 6) is 0. The molecule has 3 nitrogen and oxygen atoms in total. The molecule has 2 aliphatic rings. The first kappa shape index (κ1) is 38.4. The third kappa shape index (κ3) is 5.41. The van der Waals surface area contributed by atoms with Crippen LogP contribution >= 0.6 is 0 Å². The van der Waals surface area contributed by atoms with E-state index in [0.717, 1.165) is 39.8 Å². The van der Waals surface area contributed by atoms with Gasteiger partial charge in [0.05, 0.1) is 27.8 Å². The van der Waals surface area contributed by atoms with Crippen molar-refractivity contribution in [1.82, 2.24) is 4.57 Å². The summed E-state index contributed by atoms with van der Waals surface area (Å²) < 4.78 is 2.41. The van der Waals surface area contributed by atoms with Crippen LogP contribution in [-0.2, 0) is 5.41 Å². The van der Waals surface area contributed by atoms with E-state index in [1.807, 2.05) is 0 Å². The molecule has 12 aromatic rings. The van der Waals surface area contributed by atoms with E-state index in [1.54, 1.807) is 0 Å². The normalized spacial score (nSPS) is 14.2. The number of aromatic nitrogens is 1. The third-order valence-corrected chi connectivity index (χ3v) is 14.5. The zero-order valence-electron chi connectivity index (χ0n) is 37.2. The maximum Gasteiger partial charge on any atom is 0.0732 e. The van der Waals surface area contributed by atoms with Crippen molar-refractivity contribution >= 4 is 66.7 Å². The first-order valence-electron chi connectivity index (χ1n) is 23.5. The Kier molecular flexibility index (Phi) is 8.50. The van der Waals surface area contributed by atoms with Gasteiger partial charge < -0.3 is 14.4 Å². The summed E-state index contributed by atoms with van der Waals surface area (Å²) in [7, 11) is 0. The lowest BCUT2D eigenvalue weighted by molar-refractivity contribution is 0.801. The van der Waals surface area contributed by atoms with Crippen molar-refractivity contribution in [3.05, 3.63) is 283 Å². The molecule has 1 atom stereocenters. The van der Waals surface area contributed by atoms with E-state index in [4.69, 9.17) is 0 Å². The average Bonchev–Trinajstić information content (AvgIpc) is 4.02. The molecule has 0 bridgehead atoms. The molecule has 1 unspecified atom stereocenters. The van der Waals surface area contributed by atoms with Crippen LogP contribution < -0.4 is 9.80 Å². The van der Waals surface area contributed by atoms with Crippen molar-refractivity contribution in [2.45, 2.75) is 5.41 Å². The highest BCUT2D eigenvalue weighted by Gasteiger charge is 2.53. The lowest BCUT2D eigenvalue weighted by atomic mass is 9.69. The number of nitrogens with zero attached hydrogens (tertiary/aromatic N) is 3. The van der Waals surface area contributed by atoms with Crippen LogP contribution in [0.25, 0.3) is 60.5 Å². The number of anilines is 6. The predicted octanol–water partition coefficient (Wildman–Crippen LogP) is 17.2. The molecule has 318 valence electrons. The molecule has 0 radical (unpaired) electrons. The highest BCUT2D eigenvalue weighted by Crippen LogP contribution is 2.66. The number of fused-ring (bicyclic) bond motifs is 15. The number of hydrogen-bond donors (Lipinski definition) is 0. The minimum Gasteiger partial charge on any atom is -0.310 e. The number of benzene rings is 11. The van der Waals surface area contributed by atoms with Gasteiger partial charge in [0.25, 0.3) is 0 Å². The molecule has 0 fully saturated rings. The zero-order chi connectivity index (χ0) is 44.8. The molecular formula is C65H43N3. The van der Waals surface area contributed by atoms with E-state index in [2.05, 4.69) is 275 Å². The van der Waals surface area contributed by atoms with E-state index < -0.39 is 5.41 Å². The minimum absolute atomic E-state index is 0.585. The molecule has 14 rings (SSSR count). The van der Waals surface area contributed by atoms with Crippen molar-refractivity contribution in [2.24, 2.45) is 0 Å². The van der Waals surface area contributed by atoms with Crippen molar-refractivity contribution < 1.29 is 0 Å². The second kappa shape index (κ2) is 15.1. The standard InChI is InChI=1S/C65H43N3/c1-5-22-44(23-6-1)66(45-24-7-2-8-25-45)60-39-21-37-58-63(60)54-34-16-19-36-57(54)65(58)56-35-18-15-30-49(56)55-43-62(51-32-13-14-33-53(51)64(55)65)67(46-26-9-3-10-27-46)48-40-41-52-50-31-17-20-38-59(50)68(61(52)42-48)47-28-11-4-12-29-47/h1-43H. The third-order valence-electron chi connectivity index (χ3n) is 14.5. The van der Waals surface area contributed by atoms with Gasteiger partial charge in [-0.15, -0.1) is 0 Å². The Morgan fingerprint density at radius 3 is 1.47 bits per heavy atom. The van der Waals surface area contributed by atoms with Crippen molar-refractivity contribution in [2.75, 3.05) is 9.80 Å². The van der Waals surface area contributed by atoms with Crippen molar-refractivity contribution in [3.8, 4) is 27.9 Å². The molecule has 0 aliphatic heterocycles. The molecule has 68 heavy (non-hydrogen) atoms. The molecule has 2 aliphatic carbocycles. The Balaban J connectivity index is 1.06. The summed E-state index contributed by atoms with van der Waals surface area (Å²) in [6.07, 6.45) is 0. The quantitative estimate of drug-likeness (QED) is 0.158. The van der Waals surface area contributed by atoms with Crippen LogP contribution in [0.3, 0.4) is 0 Å². The zero-order valence-corrected chi connectivity index (χ0v) is 37.2. The number of rotatable bonds is 7. The van der Waals surface area contributed by atoms with Crippen LogP contribution in [-0.4, -0.2) is 4.57 Å². The Morgan fingerprint density at radius 1 is 0.294 bits per heavy atom. The molecule has 3 heteroatoms. The lowest BCUT2D eigenvalue weighted by Crippen LogP contribution is -2.26. The maximum atomic E-state index is 2.50. The first-order chi connectivity index (χ1) is 33.8. The van der Waals surface area contributed by atoms with Gasteiger partial charge in [-0.1, -0.05) is 182 Å². The van der Waals surface area contributed by atoms with Gasteiger partial charge >= 0.3 is 0 Å². The lowest BCUT2D eigenvalue weighted by Gasteiger charge is -2.33. The Hall–Kier alpha value is -8.92. The molecule has 1 spiro atoms. The van der Waals surface area contributed by atoms with E-state index in [-0.39, 0.29) is 0 Å². The number of para-hydroxylation sites is 5. The van der Waals surface area contributed by atoms with Crippen molar-refractivity contribution in [1.29, 1.82) is 0 Å². The fourth-order valence-electron chi connectivity index (χ4n) is 11.9. The smallest absolute Gasteiger partial charge is 0.0732 e. The van der Waals surface area contributed by atoms with Crippen molar-refractivity contribution in [3.63, 3.8) is 0 Å². The molecule has 0 N–H and O–H groups in total. The van der Waals surface area contributed by atoms with Crippen LogP contribution in [0.5, 0.6) is 0 Å². The van der Waals surface area contributed by atoms with Gasteiger partial charge in [0, 0.05) is 50.2 Å². The molecule has 1 aromatic heterocycles. The van der Waals surface area contributed by atoms with Gasteiger partial charge in [-0.2, -0.15) is 0 Å². The molecular weight excluding hydrogens is 823 g/mol. The SMILES string of the molecule is c1ccc(N(c2ccccc2)c2cccc3c2-c2ccccc2C32c3ccccc3-c3cc(N(c4ccccc4)c4ccc5c6ccccc6n(-c6ccccc6)c5c4)c4ccccc4c32)cc1. The van der Waals surface area contributed by atoms with E-state index >= 15 is 0 Å². The Bertz CT molecular complexity index is 3870. The Morgan fingerprint density at radius 2 is 0.794 bits per heavy atom. The Labute approximate surface area is 395 Å². The van der Waals surface area contributed by atoms with Crippen LogP contribution in [0.15, 0.2) is 261 Å². The largest absolute Gasteiger partial charge is 0.310 e. The summed E-state index contributed by atoms with van der Waals surface area (Å²) in [5, 5.41) is 4.91. The molecule has 1 heterocycles. The van der Waals surface area contributed by atoms with Gasteiger partial charge in [0.15, 0.2) is 0 Å². The minimum atomic E-state index is -0.585. The fraction of sp³-hybridized carbons (Fsp3) is 0.0154. The summed E-state index contributed by atoms with van der Waals surface area (Å²) >= 11 is 0. The van der Waals surface area contributed by atoms with Gasteiger partial charge in [-0.05, 0) is 123 Å². The number of hydrogen-bond acceptors (Lipinski definition) is 2.